The highest BCUT2D eigenvalue weighted by Crippen LogP contribution is 2.34. The summed E-state index contributed by atoms with van der Waals surface area (Å²) in [6, 6.07) is 4.03. The van der Waals surface area contributed by atoms with Crippen molar-refractivity contribution in [3.05, 3.63) is 48.0 Å². The van der Waals surface area contributed by atoms with Crippen LogP contribution in [-0.4, -0.2) is 9.97 Å². The molecule has 0 atom stereocenters. The van der Waals surface area contributed by atoms with Gasteiger partial charge < -0.3 is 5.73 Å². The minimum absolute atomic E-state index is 0.0723. The predicted molar refractivity (Wildman–Crippen MR) is 60.4 cm³/mol. The monoisotopic (exact) mass is 253 g/mol. The quantitative estimate of drug-likeness (QED) is 0.895. The molecule has 18 heavy (non-hydrogen) atoms. The van der Waals surface area contributed by atoms with E-state index < -0.39 is 11.7 Å². The second-order valence-corrected chi connectivity index (χ2v) is 3.70. The van der Waals surface area contributed by atoms with Crippen LogP contribution < -0.4 is 5.73 Å². The van der Waals surface area contributed by atoms with Crippen molar-refractivity contribution in [2.45, 2.75) is 12.7 Å². The summed E-state index contributed by atoms with van der Waals surface area (Å²) in [6.45, 7) is -0.152. The maximum absolute atomic E-state index is 12.8. The molecule has 0 amide bonds. The first-order valence-electron chi connectivity index (χ1n) is 5.18. The topological polar surface area (TPSA) is 51.8 Å². The lowest BCUT2D eigenvalue weighted by molar-refractivity contribution is -0.138. The zero-order valence-corrected chi connectivity index (χ0v) is 9.28. The molecule has 2 rings (SSSR count). The van der Waals surface area contributed by atoms with E-state index in [1.807, 2.05) is 0 Å². The molecule has 0 fully saturated rings. The molecule has 0 radical (unpaired) electrons. The lowest BCUT2D eigenvalue weighted by Crippen LogP contribution is -2.12. The van der Waals surface area contributed by atoms with Gasteiger partial charge >= 0.3 is 6.18 Å². The number of nitrogens with two attached hydrogens (primary N) is 1. The molecule has 0 aliphatic carbocycles. The molecule has 2 aromatic rings. The molecule has 0 aliphatic heterocycles. The standard InChI is InChI=1S/C12H10F3N3/c13-12(14,15)11-3-8(1-2-9(11)4-16)10-5-17-7-18-6-10/h1-3,5-7H,4,16H2. The Bertz CT molecular complexity index is 538. The van der Waals surface area contributed by atoms with E-state index in [9.17, 15) is 13.2 Å². The van der Waals surface area contributed by atoms with Crippen LogP contribution in [-0.2, 0) is 12.7 Å². The third-order valence-electron chi connectivity index (χ3n) is 2.53. The highest BCUT2D eigenvalue weighted by Gasteiger charge is 2.33. The summed E-state index contributed by atoms with van der Waals surface area (Å²) in [5.41, 5.74) is 5.62. The Morgan fingerprint density at radius 3 is 2.28 bits per heavy atom. The highest BCUT2D eigenvalue weighted by molar-refractivity contribution is 5.63. The molecule has 0 aliphatic rings. The summed E-state index contributed by atoms with van der Waals surface area (Å²) >= 11 is 0. The number of hydrogen-bond acceptors (Lipinski definition) is 3. The van der Waals surface area contributed by atoms with Crippen LogP contribution in [0.4, 0.5) is 13.2 Å². The predicted octanol–water partition coefficient (Wildman–Crippen LogP) is 2.62. The van der Waals surface area contributed by atoms with Gasteiger partial charge in [0.15, 0.2) is 0 Å². The Labute approximate surface area is 101 Å². The van der Waals surface area contributed by atoms with Gasteiger partial charge in [-0.3, -0.25) is 0 Å². The first-order valence-corrected chi connectivity index (χ1v) is 5.18. The first-order chi connectivity index (χ1) is 8.52. The number of rotatable bonds is 2. The van der Waals surface area contributed by atoms with Crippen molar-refractivity contribution >= 4 is 0 Å². The van der Waals surface area contributed by atoms with Gasteiger partial charge in [-0.25, -0.2) is 9.97 Å². The van der Waals surface area contributed by atoms with E-state index in [0.29, 0.717) is 11.1 Å². The summed E-state index contributed by atoms with van der Waals surface area (Å²) in [6.07, 6.45) is -0.169. The van der Waals surface area contributed by atoms with E-state index >= 15 is 0 Å². The SMILES string of the molecule is NCc1ccc(-c2cncnc2)cc1C(F)(F)F. The lowest BCUT2D eigenvalue weighted by atomic mass is 10.0. The molecule has 0 saturated heterocycles. The molecule has 2 N–H and O–H groups in total. The van der Waals surface area contributed by atoms with Crippen molar-refractivity contribution in [3.8, 4) is 11.1 Å². The van der Waals surface area contributed by atoms with Gasteiger partial charge in [0, 0.05) is 24.5 Å². The average Bonchev–Trinajstić information content (AvgIpc) is 2.38. The molecule has 1 aromatic heterocycles. The van der Waals surface area contributed by atoms with E-state index in [0.717, 1.165) is 6.07 Å². The lowest BCUT2D eigenvalue weighted by Gasteiger charge is -2.13. The van der Waals surface area contributed by atoms with E-state index in [2.05, 4.69) is 9.97 Å². The van der Waals surface area contributed by atoms with Gasteiger partial charge in [0.1, 0.15) is 6.33 Å². The molecular formula is C12H10F3N3. The van der Waals surface area contributed by atoms with Gasteiger partial charge in [-0.15, -0.1) is 0 Å². The van der Waals surface area contributed by atoms with Crippen molar-refractivity contribution in [3.63, 3.8) is 0 Å². The van der Waals surface area contributed by atoms with Crippen LogP contribution in [0, 0.1) is 0 Å². The number of aromatic nitrogens is 2. The van der Waals surface area contributed by atoms with Gasteiger partial charge in [-0.2, -0.15) is 13.2 Å². The van der Waals surface area contributed by atoms with Crippen molar-refractivity contribution in [2.24, 2.45) is 5.73 Å². The van der Waals surface area contributed by atoms with Crippen LogP contribution in [0.2, 0.25) is 0 Å². The van der Waals surface area contributed by atoms with Crippen LogP contribution in [0.3, 0.4) is 0 Å². The third-order valence-corrected chi connectivity index (χ3v) is 2.53. The minimum atomic E-state index is -4.42. The summed E-state index contributed by atoms with van der Waals surface area (Å²) in [5, 5.41) is 0. The summed E-state index contributed by atoms with van der Waals surface area (Å²) in [5.74, 6) is 0. The fourth-order valence-corrected chi connectivity index (χ4v) is 1.65. The second-order valence-electron chi connectivity index (χ2n) is 3.70. The van der Waals surface area contributed by atoms with E-state index in [4.69, 9.17) is 5.73 Å². The van der Waals surface area contributed by atoms with Crippen molar-refractivity contribution < 1.29 is 13.2 Å². The summed E-state index contributed by atoms with van der Waals surface area (Å²) in [7, 11) is 0. The van der Waals surface area contributed by atoms with Crippen molar-refractivity contribution in [1.29, 1.82) is 0 Å². The fourth-order valence-electron chi connectivity index (χ4n) is 1.65. The maximum Gasteiger partial charge on any atom is 0.416 e. The number of alkyl halides is 3. The summed E-state index contributed by atoms with van der Waals surface area (Å²) < 4.78 is 38.5. The molecular weight excluding hydrogens is 243 g/mol. The number of hydrogen-bond donors (Lipinski definition) is 1. The van der Waals surface area contributed by atoms with Crippen LogP contribution in [0.15, 0.2) is 36.9 Å². The molecule has 0 spiro atoms. The van der Waals surface area contributed by atoms with E-state index in [1.54, 1.807) is 6.07 Å². The maximum atomic E-state index is 12.8. The Hall–Kier alpha value is -1.95. The van der Waals surface area contributed by atoms with Crippen LogP contribution in [0.25, 0.3) is 11.1 Å². The Kier molecular flexibility index (Phi) is 3.29. The third kappa shape index (κ3) is 2.48. The molecule has 3 nitrogen and oxygen atoms in total. The smallest absolute Gasteiger partial charge is 0.326 e. The fraction of sp³-hybridized carbons (Fsp3) is 0.167. The molecule has 0 unspecified atom stereocenters. The van der Waals surface area contributed by atoms with Gasteiger partial charge in [-0.05, 0) is 17.2 Å². The average molecular weight is 253 g/mol. The van der Waals surface area contributed by atoms with Crippen LogP contribution >= 0.6 is 0 Å². The largest absolute Gasteiger partial charge is 0.416 e. The molecule has 0 saturated carbocycles. The Balaban J connectivity index is 2.53. The van der Waals surface area contributed by atoms with Gasteiger partial charge in [0.2, 0.25) is 0 Å². The van der Waals surface area contributed by atoms with Gasteiger partial charge in [0.25, 0.3) is 0 Å². The Morgan fingerprint density at radius 2 is 1.72 bits per heavy atom. The van der Waals surface area contributed by atoms with E-state index in [-0.39, 0.29) is 12.1 Å². The molecule has 1 aromatic carbocycles. The van der Waals surface area contributed by atoms with Crippen molar-refractivity contribution in [1.82, 2.24) is 9.97 Å². The first kappa shape index (κ1) is 12.5. The second kappa shape index (κ2) is 4.73. The zero-order valence-electron chi connectivity index (χ0n) is 9.28. The number of nitrogens with zero attached hydrogens (tertiary/aromatic N) is 2. The molecule has 1 heterocycles. The molecule has 0 bridgehead atoms. The van der Waals surface area contributed by atoms with E-state index in [1.165, 1.54) is 24.8 Å². The van der Waals surface area contributed by atoms with Crippen molar-refractivity contribution in [2.75, 3.05) is 0 Å². The van der Waals surface area contributed by atoms with Gasteiger partial charge in [-0.1, -0.05) is 12.1 Å². The van der Waals surface area contributed by atoms with Crippen LogP contribution in [0.1, 0.15) is 11.1 Å². The van der Waals surface area contributed by atoms with Crippen LogP contribution in [0.5, 0.6) is 0 Å². The molecule has 94 valence electrons. The van der Waals surface area contributed by atoms with Gasteiger partial charge in [0.05, 0.1) is 5.56 Å². The molecule has 6 heteroatoms. The highest BCUT2D eigenvalue weighted by atomic mass is 19.4. The number of benzene rings is 1. The minimum Gasteiger partial charge on any atom is -0.326 e. The summed E-state index contributed by atoms with van der Waals surface area (Å²) in [4.78, 5) is 7.56. The normalized spacial score (nSPS) is 11.6. The number of halogens is 3. The zero-order chi connectivity index (χ0) is 13.2. The Morgan fingerprint density at radius 1 is 1.06 bits per heavy atom.